The second kappa shape index (κ2) is 9.10. The lowest BCUT2D eigenvalue weighted by Crippen LogP contribution is -2.39. The summed E-state index contributed by atoms with van der Waals surface area (Å²) in [6.07, 6.45) is 4.08. The molecular formula is C16H22FNO3. The molecule has 1 N–H and O–H groups in total. The first kappa shape index (κ1) is 17.1. The van der Waals surface area contributed by atoms with E-state index >= 15 is 0 Å². The lowest BCUT2D eigenvalue weighted by molar-refractivity contribution is -0.145. The average Bonchev–Trinajstić information content (AvgIpc) is 2.46. The van der Waals surface area contributed by atoms with Gasteiger partial charge >= 0.3 is 5.97 Å². The Kier molecular flexibility index (Phi) is 7.43. The highest BCUT2D eigenvalue weighted by Gasteiger charge is 2.17. The molecule has 0 bridgehead atoms. The lowest BCUT2D eigenvalue weighted by atomic mass is 10.2. The summed E-state index contributed by atoms with van der Waals surface area (Å²) in [5.74, 6) is -1.46. The molecule has 0 fully saturated rings. The number of amides is 1. The van der Waals surface area contributed by atoms with Crippen LogP contribution in [0.5, 0.6) is 0 Å². The summed E-state index contributed by atoms with van der Waals surface area (Å²) in [6.45, 7) is 4.01. The second-order valence-electron chi connectivity index (χ2n) is 4.93. The molecular weight excluding hydrogens is 273 g/mol. The Labute approximate surface area is 124 Å². The fraction of sp³-hybridized carbons (Fsp3) is 0.500. The second-order valence-corrected chi connectivity index (χ2v) is 4.93. The predicted octanol–water partition coefficient (Wildman–Crippen LogP) is 3.07. The third-order valence-corrected chi connectivity index (χ3v) is 3.03. The van der Waals surface area contributed by atoms with E-state index in [0.29, 0.717) is 6.61 Å². The molecule has 0 aliphatic heterocycles. The molecule has 0 aliphatic carbocycles. The van der Waals surface area contributed by atoms with Crippen molar-refractivity contribution in [1.29, 1.82) is 0 Å². The van der Waals surface area contributed by atoms with Crippen LogP contribution in [0.25, 0.3) is 0 Å². The molecule has 1 atom stereocenters. The Morgan fingerprint density at radius 3 is 2.71 bits per heavy atom. The molecule has 1 aromatic carbocycles. The first-order chi connectivity index (χ1) is 10.0. The maximum absolute atomic E-state index is 13.0. The van der Waals surface area contributed by atoms with Gasteiger partial charge in [-0.15, -0.1) is 0 Å². The zero-order chi connectivity index (χ0) is 15.7. The highest BCUT2D eigenvalue weighted by atomic mass is 19.1. The normalized spacial score (nSPS) is 11.8. The van der Waals surface area contributed by atoms with Crippen molar-refractivity contribution < 1.29 is 18.7 Å². The summed E-state index contributed by atoms with van der Waals surface area (Å²) in [5, 5.41) is 2.50. The molecule has 1 amide bonds. The first-order valence-corrected chi connectivity index (χ1v) is 7.27. The molecule has 1 unspecified atom stereocenters. The molecule has 1 rings (SSSR count). The van der Waals surface area contributed by atoms with Gasteiger partial charge < -0.3 is 10.1 Å². The number of rotatable bonds is 8. The van der Waals surface area contributed by atoms with Gasteiger partial charge in [0.1, 0.15) is 11.9 Å². The molecule has 0 heterocycles. The SMILES string of the molecule is CCCCCCOC(=O)C(C)NC(=O)c1cccc(F)c1. The van der Waals surface area contributed by atoms with Crippen LogP contribution < -0.4 is 5.32 Å². The molecule has 0 radical (unpaired) electrons. The number of benzene rings is 1. The van der Waals surface area contributed by atoms with E-state index in [1.54, 1.807) is 6.92 Å². The van der Waals surface area contributed by atoms with E-state index in [4.69, 9.17) is 4.74 Å². The topological polar surface area (TPSA) is 55.4 Å². The van der Waals surface area contributed by atoms with Gasteiger partial charge in [-0.25, -0.2) is 9.18 Å². The van der Waals surface area contributed by atoms with Crippen molar-refractivity contribution in [1.82, 2.24) is 5.32 Å². The smallest absolute Gasteiger partial charge is 0.328 e. The molecule has 0 spiro atoms. The van der Waals surface area contributed by atoms with E-state index in [-0.39, 0.29) is 5.56 Å². The number of carbonyl (C=O) groups is 2. The highest BCUT2D eigenvalue weighted by Crippen LogP contribution is 2.04. The summed E-state index contributed by atoms with van der Waals surface area (Å²) in [5.41, 5.74) is 0.178. The van der Waals surface area contributed by atoms with Crippen LogP contribution in [0.3, 0.4) is 0 Å². The summed E-state index contributed by atoms with van der Waals surface area (Å²) in [4.78, 5) is 23.5. The molecule has 0 aliphatic rings. The van der Waals surface area contributed by atoms with Crippen LogP contribution in [0, 0.1) is 5.82 Å². The predicted molar refractivity (Wildman–Crippen MR) is 78.4 cm³/mol. The molecule has 1 aromatic rings. The van der Waals surface area contributed by atoms with Gasteiger partial charge in [-0.2, -0.15) is 0 Å². The Balaban J connectivity index is 2.36. The van der Waals surface area contributed by atoms with Crippen LogP contribution in [0.2, 0.25) is 0 Å². The quantitative estimate of drug-likeness (QED) is 0.592. The van der Waals surface area contributed by atoms with Gasteiger partial charge in [0.2, 0.25) is 0 Å². The first-order valence-electron chi connectivity index (χ1n) is 7.27. The van der Waals surface area contributed by atoms with Crippen LogP contribution in [0.15, 0.2) is 24.3 Å². The van der Waals surface area contributed by atoms with Crippen molar-refractivity contribution in [2.24, 2.45) is 0 Å². The lowest BCUT2D eigenvalue weighted by Gasteiger charge is -2.13. The average molecular weight is 295 g/mol. The Bertz CT molecular complexity index is 476. The van der Waals surface area contributed by atoms with Gasteiger partial charge in [-0.3, -0.25) is 4.79 Å². The fourth-order valence-corrected chi connectivity index (χ4v) is 1.80. The largest absolute Gasteiger partial charge is 0.464 e. The third-order valence-electron chi connectivity index (χ3n) is 3.03. The highest BCUT2D eigenvalue weighted by molar-refractivity contribution is 5.96. The minimum absolute atomic E-state index is 0.178. The van der Waals surface area contributed by atoms with Crippen molar-refractivity contribution in [3.05, 3.63) is 35.6 Å². The van der Waals surface area contributed by atoms with Crippen LogP contribution >= 0.6 is 0 Å². The van der Waals surface area contributed by atoms with Gasteiger partial charge in [0.05, 0.1) is 6.61 Å². The third kappa shape index (κ3) is 6.38. The van der Waals surface area contributed by atoms with Gasteiger partial charge in [0.25, 0.3) is 5.91 Å². The fourth-order valence-electron chi connectivity index (χ4n) is 1.80. The molecule has 0 aromatic heterocycles. The van der Waals surface area contributed by atoms with Gasteiger partial charge in [-0.1, -0.05) is 32.3 Å². The number of hydrogen-bond donors (Lipinski definition) is 1. The zero-order valence-electron chi connectivity index (χ0n) is 12.5. The van der Waals surface area contributed by atoms with E-state index < -0.39 is 23.7 Å². The van der Waals surface area contributed by atoms with Crippen molar-refractivity contribution in [2.75, 3.05) is 6.61 Å². The van der Waals surface area contributed by atoms with E-state index in [2.05, 4.69) is 12.2 Å². The minimum atomic E-state index is -0.757. The summed E-state index contributed by atoms with van der Waals surface area (Å²) >= 11 is 0. The van der Waals surface area contributed by atoms with Gasteiger partial charge in [0.15, 0.2) is 0 Å². The Morgan fingerprint density at radius 1 is 1.29 bits per heavy atom. The number of carbonyl (C=O) groups excluding carboxylic acids is 2. The molecule has 0 saturated heterocycles. The van der Waals surface area contributed by atoms with Crippen molar-refractivity contribution in [3.63, 3.8) is 0 Å². The van der Waals surface area contributed by atoms with Crippen molar-refractivity contribution >= 4 is 11.9 Å². The maximum atomic E-state index is 13.0. The number of halogens is 1. The maximum Gasteiger partial charge on any atom is 0.328 e. The van der Waals surface area contributed by atoms with E-state index in [9.17, 15) is 14.0 Å². The monoisotopic (exact) mass is 295 g/mol. The molecule has 5 heteroatoms. The van der Waals surface area contributed by atoms with Crippen molar-refractivity contribution in [3.8, 4) is 0 Å². The van der Waals surface area contributed by atoms with Gasteiger partial charge in [-0.05, 0) is 31.5 Å². The number of esters is 1. The van der Waals surface area contributed by atoms with E-state index in [0.717, 1.165) is 31.7 Å². The van der Waals surface area contributed by atoms with Crippen LogP contribution in [-0.4, -0.2) is 24.5 Å². The number of hydrogen-bond acceptors (Lipinski definition) is 3. The Morgan fingerprint density at radius 2 is 2.05 bits per heavy atom. The Hall–Kier alpha value is -1.91. The van der Waals surface area contributed by atoms with Crippen LogP contribution in [0.1, 0.15) is 49.9 Å². The number of nitrogens with one attached hydrogen (secondary N) is 1. The van der Waals surface area contributed by atoms with Crippen LogP contribution in [-0.2, 0) is 9.53 Å². The van der Waals surface area contributed by atoms with Crippen LogP contribution in [0.4, 0.5) is 4.39 Å². The standard InChI is InChI=1S/C16H22FNO3/c1-3-4-5-6-10-21-16(20)12(2)18-15(19)13-8-7-9-14(17)11-13/h7-9,11-12H,3-6,10H2,1-2H3,(H,18,19). The minimum Gasteiger partial charge on any atom is -0.464 e. The summed E-state index contributed by atoms with van der Waals surface area (Å²) < 4.78 is 18.1. The molecule has 116 valence electrons. The van der Waals surface area contributed by atoms with E-state index in [1.165, 1.54) is 18.2 Å². The molecule has 0 saturated carbocycles. The zero-order valence-corrected chi connectivity index (χ0v) is 12.5. The summed E-state index contributed by atoms with van der Waals surface area (Å²) in [6, 6.07) is 4.55. The molecule has 4 nitrogen and oxygen atoms in total. The van der Waals surface area contributed by atoms with Crippen molar-refractivity contribution in [2.45, 2.75) is 45.6 Å². The van der Waals surface area contributed by atoms with E-state index in [1.807, 2.05) is 0 Å². The van der Waals surface area contributed by atoms with Gasteiger partial charge in [0, 0.05) is 5.56 Å². The molecule has 21 heavy (non-hydrogen) atoms. The number of ether oxygens (including phenoxy) is 1. The summed E-state index contributed by atoms with van der Waals surface area (Å²) in [7, 11) is 0. The number of unbranched alkanes of at least 4 members (excludes halogenated alkanes) is 3.